The van der Waals surface area contributed by atoms with Crippen molar-refractivity contribution in [2.45, 2.75) is 32.2 Å². The molecule has 0 saturated carbocycles. The zero-order chi connectivity index (χ0) is 15.7. The van der Waals surface area contributed by atoms with Crippen LogP contribution in [0.3, 0.4) is 0 Å². The molecule has 1 aromatic rings. The number of halogens is 1. The number of carbonyl (C=O) groups is 1. The molecule has 3 N–H and O–H groups in total. The van der Waals surface area contributed by atoms with Gasteiger partial charge in [-0.25, -0.2) is 9.18 Å². The van der Waals surface area contributed by atoms with E-state index in [9.17, 15) is 9.18 Å². The van der Waals surface area contributed by atoms with Gasteiger partial charge in [0.1, 0.15) is 11.9 Å². The van der Waals surface area contributed by atoms with E-state index in [-0.39, 0.29) is 5.82 Å². The summed E-state index contributed by atoms with van der Waals surface area (Å²) >= 11 is 0. The summed E-state index contributed by atoms with van der Waals surface area (Å²) in [5, 5.41) is 8.98. The molecule has 0 aliphatic heterocycles. The highest BCUT2D eigenvalue weighted by atomic mass is 19.1. The van der Waals surface area contributed by atoms with Crippen LogP contribution in [0.2, 0.25) is 0 Å². The SMILES string of the molecule is CCc1ccc(/C=C/C=NC(CCCN)C(=O)O)c(F)c1. The van der Waals surface area contributed by atoms with Gasteiger partial charge in [-0.15, -0.1) is 0 Å². The number of nitrogens with two attached hydrogens (primary N) is 1. The van der Waals surface area contributed by atoms with E-state index in [4.69, 9.17) is 10.8 Å². The van der Waals surface area contributed by atoms with Crippen molar-refractivity contribution in [3.63, 3.8) is 0 Å². The van der Waals surface area contributed by atoms with Crippen molar-refractivity contribution in [1.82, 2.24) is 0 Å². The molecule has 0 spiro atoms. The summed E-state index contributed by atoms with van der Waals surface area (Å²) in [5.41, 5.74) is 6.74. The van der Waals surface area contributed by atoms with Gasteiger partial charge in [-0.3, -0.25) is 4.99 Å². The van der Waals surface area contributed by atoms with Crippen molar-refractivity contribution >= 4 is 18.3 Å². The number of carboxylic acid groups (broad SMARTS) is 1. The lowest BCUT2D eigenvalue weighted by Crippen LogP contribution is -2.19. The minimum atomic E-state index is -0.980. The van der Waals surface area contributed by atoms with Gasteiger partial charge in [-0.2, -0.15) is 0 Å². The summed E-state index contributed by atoms with van der Waals surface area (Å²) in [5.74, 6) is -1.27. The molecule has 0 aliphatic rings. The van der Waals surface area contributed by atoms with Crippen molar-refractivity contribution in [3.05, 3.63) is 41.2 Å². The van der Waals surface area contributed by atoms with Gasteiger partial charge >= 0.3 is 5.97 Å². The second kappa shape index (κ2) is 9.02. The van der Waals surface area contributed by atoms with E-state index in [1.807, 2.05) is 13.0 Å². The lowest BCUT2D eigenvalue weighted by atomic mass is 10.1. The molecule has 1 unspecified atom stereocenters. The molecule has 0 heterocycles. The fourth-order valence-corrected chi connectivity index (χ4v) is 1.80. The molecule has 0 amide bonds. The van der Waals surface area contributed by atoms with Crippen molar-refractivity contribution in [3.8, 4) is 0 Å². The summed E-state index contributed by atoms with van der Waals surface area (Å²) in [6.07, 6.45) is 6.29. The Hall–Kier alpha value is -2.01. The van der Waals surface area contributed by atoms with E-state index < -0.39 is 12.0 Å². The molecule has 114 valence electrons. The molecule has 0 radical (unpaired) electrons. The molecule has 5 heteroatoms. The Morgan fingerprint density at radius 2 is 2.29 bits per heavy atom. The van der Waals surface area contributed by atoms with Crippen LogP contribution >= 0.6 is 0 Å². The predicted octanol–water partition coefficient (Wildman–Crippen LogP) is 2.66. The van der Waals surface area contributed by atoms with Crippen molar-refractivity contribution in [2.24, 2.45) is 10.7 Å². The summed E-state index contributed by atoms with van der Waals surface area (Å²) in [7, 11) is 0. The smallest absolute Gasteiger partial charge is 0.328 e. The van der Waals surface area contributed by atoms with Crippen LogP contribution in [0.1, 0.15) is 30.9 Å². The van der Waals surface area contributed by atoms with E-state index in [1.54, 1.807) is 18.2 Å². The third-order valence-corrected chi connectivity index (χ3v) is 3.07. The Kier molecular flexibility index (Phi) is 7.32. The fraction of sp³-hybridized carbons (Fsp3) is 0.375. The first-order valence-corrected chi connectivity index (χ1v) is 6.99. The maximum Gasteiger partial charge on any atom is 0.328 e. The summed E-state index contributed by atoms with van der Waals surface area (Å²) in [4.78, 5) is 14.9. The highest BCUT2D eigenvalue weighted by molar-refractivity contribution is 5.82. The second-order valence-corrected chi connectivity index (χ2v) is 4.65. The van der Waals surface area contributed by atoms with Crippen LogP contribution in [-0.2, 0) is 11.2 Å². The van der Waals surface area contributed by atoms with Crippen LogP contribution < -0.4 is 5.73 Å². The van der Waals surface area contributed by atoms with E-state index in [1.165, 1.54) is 12.3 Å². The van der Waals surface area contributed by atoms with E-state index in [2.05, 4.69) is 4.99 Å². The molecule has 1 aromatic carbocycles. The van der Waals surface area contributed by atoms with Gasteiger partial charge in [0, 0.05) is 11.8 Å². The van der Waals surface area contributed by atoms with Gasteiger partial charge in [0.25, 0.3) is 0 Å². The third-order valence-electron chi connectivity index (χ3n) is 3.07. The zero-order valence-electron chi connectivity index (χ0n) is 12.1. The summed E-state index contributed by atoms with van der Waals surface area (Å²) in [6.45, 7) is 2.40. The van der Waals surface area contributed by atoms with Gasteiger partial charge in [0.05, 0.1) is 0 Å². The van der Waals surface area contributed by atoms with Crippen molar-refractivity contribution < 1.29 is 14.3 Å². The Bertz CT molecular complexity index is 527. The standard InChI is InChI=1S/C16H21FN2O2/c1-2-12-7-8-13(14(17)11-12)5-4-10-19-15(16(20)21)6-3-9-18/h4-5,7-8,10-11,15H,2-3,6,9,18H2,1H3,(H,20,21)/b5-4+,19-10?. The molecule has 0 saturated heterocycles. The lowest BCUT2D eigenvalue weighted by molar-refractivity contribution is -0.138. The zero-order valence-corrected chi connectivity index (χ0v) is 12.1. The normalized spacial score (nSPS) is 13.1. The van der Waals surface area contributed by atoms with Gasteiger partial charge in [-0.1, -0.05) is 25.1 Å². The van der Waals surface area contributed by atoms with Crippen LogP contribution in [0.15, 0.2) is 29.3 Å². The number of nitrogens with zero attached hydrogens (tertiary/aromatic N) is 1. The minimum Gasteiger partial charge on any atom is -0.480 e. The Balaban J connectivity index is 2.67. The van der Waals surface area contributed by atoms with E-state index >= 15 is 0 Å². The number of hydrogen-bond acceptors (Lipinski definition) is 3. The van der Waals surface area contributed by atoms with Crippen LogP contribution in [0.4, 0.5) is 4.39 Å². The maximum atomic E-state index is 13.7. The molecule has 1 rings (SSSR count). The van der Waals surface area contributed by atoms with Gasteiger partial charge in [0.15, 0.2) is 0 Å². The number of hydrogen-bond donors (Lipinski definition) is 2. The average Bonchev–Trinajstić information content (AvgIpc) is 2.47. The molecule has 4 nitrogen and oxygen atoms in total. The molecule has 1 atom stereocenters. The highest BCUT2D eigenvalue weighted by Crippen LogP contribution is 2.12. The largest absolute Gasteiger partial charge is 0.480 e. The first-order valence-electron chi connectivity index (χ1n) is 6.99. The third kappa shape index (κ3) is 5.87. The molecule has 21 heavy (non-hydrogen) atoms. The number of allylic oxidation sites excluding steroid dienone is 1. The lowest BCUT2D eigenvalue weighted by Gasteiger charge is -2.04. The van der Waals surface area contributed by atoms with E-state index in [0.717, 1.165) is 12.0 Å². The second-order valence-electron chi connectivity index (χ2n) is 4.65. The Morgan fingerprint density at radius 1 is 1.52 bits per heavy atom. The molecule has 0 aromatic heterocycles. The summed E-state index contributed by atoms with van der Waals surface area (Å²) < 4.78 is 13.7. The van der Waals surface area contributed by atoms with Crippen LogP contribution in [0.25, 0.3) is 6.08 Å². The topological polar surface area (TPSA) is 75.7 Å². The number of rotatable bonds is 8. The predicted molar refractivity (Wildman–Crippen MR) is 83.0 cm³/mol. The van der Waals surface area contributed by atoms with Crippen molar-refractivity contribution in [1.29, 1.82) is 0 Å². The number of aliphatic imine (C=N–C) groups is 1. The number of carboxylic acids is 1. The summed E-state index contributed by atoms with van der Waals surface area (Å²) in [6, 6.07) is 4.26. The maximum absolute atomic E-state index is 13.7. The molecule has 0 aliphatic carbocycles. The average molecular weight is 292 g/mol. The molecule has 0 fully saturated rings. The van der Waals surface area contributed by atoms with Crippen LogP contribution in [0.5, 0.6) is 0 Å². The number of aryl methyl sites for hydroxylation is 1. The Labute approximate surface area is 124 Å². The van der Waals surface area contributed by atoms with Gasteiger partial charge in [0.2, 0.25) is 0 Å². The monoisotopic (exact) mass is 292 g/mol. The minimum absolute atomic E-state index is 0.295. The van der Waals surface area contributed by atoms with Crippen LogP contribution in [0, 0.1) is 5.82 Å². The first kappa shape index (κ1) is 17.0. The number of benzene rings is 1. The highest BCUT2D eigenvalue weighted by Gasteiger charge is 2.13. The molecular formula is C16H21FN2O2. The molecule has 0 bridgehead atoms. The van der Waals surface area contributed by atoms with Crippen molar-refractivity contribution in [2.75, 3.05) is 6.54 Å². The van der Waals surface area contributed by atoms with E-state index in [0.29, 0.717) is 24.9 Å². The van der Waals surface area contributed by atoms with Gasteiger partial charge in [-0.05, 0) is 43.5 Å². The number of aliphatic carboxylic acids is 1. The molecular weight excluding hydrogens is 271 g/mol. The fourth-order valence-electron chi connectivity index (χ4n) is 1.80. The first-order chi connectivity index (χ1) is 10.1. The van der Waals surface area contributed by atoms with Gasteiger partial charge < -0.3 is 10.8 Å². The Morgan fingerprint density at radius 3 is 2.86 bits per heavy atom. The quantitative estimate of drug-likeness (QED) is 0.723. The van der Waals surface area contributed by atoms with Crippen LogP contribution in [-0.4, -0.2) is 29.9 Å².